The van der Waals surface area contributed by atoms with Crippen molar-refractivity contribution >= 4 is 22.5 Å². The molecular weight excluding hydrogens is 302 g/mol. The molecule has 0 aliphatic rings. The fourth-order valence-electron chi connectivity index (χ4n) is 2.83. The molecule has 4 aromatic rings. The van der Waals surface area contributed by atoms with Crippen LogP contribution in [0.5, 0.6) is 0 Å². The molecule has 0 radical (unpaired) electrons. The van der Waals surface area contributed by atoms with Gasteiger partial charge in [0.25, 0.3) is 0 Å². The van der Waals surface area contributed by atoms with E-state index in [-0.39, 0.29) is 0 Å². The molecule has 0 amide bonds. The Hall–Kier alpha value is -2.64. The fourth-order valence-corrected chi connectivity index (χ4v) is 3.04. The van der Waals surface area contributed by atoms with Gasteiger partial charge in [0, 0.05) is 10.9 Å². The van der Waals surface area contributed by atoms with Crippen molar-refractivity contribution in [1.82, 2.24) is 4.98 Å². The quantitative estimate of drug-likeness (QED) is 0.428. The number of benzene rings is 3. The van der Waals surface area contributed by atoms with Gasteiger partial charge in [-0.2, -0.15) is 0 Å². The van der Waals surface area contributed by atoms with Crippen molar-refractivity contribution in [3.05, 3.63) is 90.0 Å². The monoisotopic (exact) mass is 315 g/mol. The van der Waals surface area contributed by atoms with Gasteiger partial charge in [-0.1, -0.05) is 84.4 Å². The van der Waals surface area contributed by atoms with Gasteiger partial charge in [-0.25, -0.2) is 4.98 Å². The summed E-state index contributed by atoms with van der Waals surface area (Å²) in [5.41, 5.74) is 5.18. The van der Waals surface area contributed by atoms with Crippen LogP contribution in [0.4, 0.5) is 0 Å². The van der Waals surface area contributed by atoms with Crippen LogP contribution in [0.2, 0.25) is 5.02 Å². The molecule has 110 valence electrons. The number of fused-ring (bicyclic) bond motifs is 1. The summed E-state index contributed by atoms with van der Waals surface area (Å²) in [6.45, 7) is 0. The number of nitrogens with zero attached hydrogens (tertiary/aromatic N) is 1. The van der Waals surface area contributed by atoms with Gasteiger partial charge < -0.3 is 0 Å². The Balaban J connectivity index is 2.06. The third-order valence-electron chi connectivity index (χ3n) is 3.94. The highest BCUT2D eigenvalue weighted by molar-refractivity contribution is 6.35. The van der Waals surface area contributed by atoms with Crippen molar-refractivity contribution in [3.8, 4) is 22.4 Å². The Labute approximate surface area is 140 Å². The van der Waals surface area contributed by atoms with Crippen molar-refractivity contribution in [2.75, 3.05) is 0 Å². The average molecular weight is 316 g/mol. The van der Waals surface area contributed by atoms with E-state index in [1.807, 2.05) is 48.5 Å². The highest BCUT2D eigenvalue weighted by Gasteiger charge is 2.11. The topological polar surface area (TPSA) is 12.9 Å². The maximum Gasteiger partial charge on any atom is 0.0901 e. The first-order valence-corrected chi connectivity index (χ1v) is 7.91. The second kappa shape index (κ2) is 5.86. The molecule has 0 aliphatic heterocycles. The van der Waals surface area contributed by atoms with Gasteiger partial charge in [-0.15, -0.1) is 0 Å². The van der Waals surface area contributed by atoms with E-state index in [2.05, 4.69) is 36.4 Å². The average Bonchev–Trinajstić information content (AvgIpc) is 2.63. The Morgan fingerprint density at radius 3 is 2.00 bits per heavy atom. The number of para-hydroxylation sites is 1. The summed E-state index contributed by atoms with van der Waals surface area (Å²) in [5, 5.41) is 1.75. The van der Waals surface area contributed by atoms with Crippen molar-refractivity contribution in [1.29, 1.82) is 0 Å². The molecule has 0 fully saturated rings. The zero-order valence-corrected chi connectivity index (χ0v) is 13.2. The van der Waals surface area contributed by atoms with Gasteiger partial charge in [0.2, 0.25) is 0 Å². The van der Waals surface area contributed by atoms with Gasteiger partial charge in [0.15, 0.2) is 0 Å². The molecule has 3 aromatic carbocycles. The van der Waals surface area contributed by atoms with E-state index in [1.54, 1.807) is 0 Å². The smallest absolute Gasteiger partial charge is 0.0901 e. The maximum atomic E-state index is 6.41. The summed E-state index contributed by atoms with van der Waals surface area (Å²) in [5.74, 6) is 0. The van der Waals surface area contributed by atoms with E-state index < -0.39 is 0 Å². The second-order valence-corrected chi connectivity index (χ2v) is 5.83. The normalized spacial score (nSPS) is 10.8. The third-order valence-corrected chi connectivity index (χ3v) is 4.25. The van der Waals surface area contributed by atoms with Crippen LogP contribution in [-0.2, 0) is 0 Å². The molecule has 2 heteroatoms. The van der Waals surface area contributed by atoms with Gasteiger partial charge in [-0.05, 0) is 23.3 Å². The highest BCUT2D eigenvalue weighted by Crippen LogP contribution is 2.34. The van der Waals surface area contributed by atoms with Crippen molar-refractivity contribution in [2.45, 2.75) is 0 Å². The first-order valence-electron chi connectivity index (χ1n) is 7.53. The van der Waals surface area contributed by atoms with Crippen LogP contribution in [0.3, 0.4) is 0 Å². The van der Waals surface area contributed by atoms with Crippen LogP contribution in [0, 0.1) is 0 Å². The van der Waals surface area contributed by atoms with Crippen LogP contribution in [0.25, 0.3) is 33.3 Å². The largest absolute Gasteiger partial charge is 0.246 e. The molecule has 0 saturated carbocycles. The van der Waals surface area contributed by atoms with Crippen LogP contribution < -0.4 is 0 Å². The molecular formula is C21H14ClN. The molecule has 0 atom stereocenters. The lowest BCUT2D eigenvalue weighted by molar-refractivity contribution is 1.40. The van der Waals surface area contributed by atoms with E-state index >= 15 is 0 Å². The van der Waals surface area contributed by atoms with E-state index in [0.29, 0.717) is 5.02 Å². The lowest BCUT2D eigenvalue weighted by Crippen LogP contribution is -1.90. The van der Waals surface area contributed by atoms with Gasteiger partial charge in [0.05, 0.1) is 16.2 Å². The molecule has 0 spiro atoms. The number of rotatable bonds is 2. The lowest BCUT2D eigenvalue weighted by Gasteiger charge is -2.11. The third kappa shape index (κ3) is 2.60. The van der Waals surface area contributed by atoms with E-state index in [4.69, 9.17) is 16.6 Å². The van der Waals surface area contributed by atoms with E-state index in [1.165, 1.54) is 5.56 Å². The van der Waals surface area contributed by atoms with Crippen LogP contribution in [0.15, 0.2) is 84.9 Å². The Kier molecular flexibility index (Phi) is 3.57. The van der Waals surface area contributed by atoms with Gasteiger partial charge >= 0.3 is 0 Å². The van der Waals surface area contributed by atoms with Gasteiger partial charge in [-0.3, -0.25) is 0 Å². The Morgan fingerprint density at radius 2 is 1.30 bits per heavy atom. The first-order chi connectivity index (χ1) is 11.3. The Bertz CT molecular complexity index is 963. The fraction of sp³-hybridized carbons (Fsp3) is 0. The predicted octanol–water partition coefficient (Wildman–Crippen LogP) is 6.22. The number of aromatic nitrogens is 1. The maximum absolute atomic E-state index is 6.41. The minimum Gasteiger partial charge on any atom is -0.246 e. The summed E-state index contributed by atoms with van der Waals surface area (Å²) < 4.78 is 0. The number of hydrogen-bond donors (Lipinski definition) is 0. The van der Waals surface area contributed by atoms with Crippen molar-refractivity contribution < 1.29 is 0 Å². The van der Waals surface area contributed by atoms with Crippen LogP contribution in [0.1, 0.15) is 0 Å². The molecule has 4 rings (SSSR count). The van der Waals surface area contributed by atoms with E-state index in [9.17, 15) is 0 Å². The summed E-state index contributed by atoms with van der Waals surface area (Å²) >= 11 is 6.41. The lowest BCUT2D eigenvalue weighted by atomic mass is 9.98. The van der Waals surface area contributed by atoms with E-state index in [0.717, 1.165) is 27.7 Å². The summed E-state index contributed by atoms with van der Waals surface area (Å²) in [7, 11) is 0. The first kappa shape index (κ1) is 14.0. The van der Waals surface area contributed by atoms with Crippen LogP contribution >= 0.6 is 11.6 Å². The molecule has 1 aromatic heterocycles. The van der Waals surface area contributed by atoms with Crippen LogP contribution in [-0.4, -0.2) is 4.98 Å². The molecule has 0 unspecified atom stereocenters. The summed E-state index contributed by atoms with van der Waals surface area (Å²) in [6.07, 6.45) is 0. The van der Waals surface area contributed by atoms with Gasteiger partial charge in [0.1, 0.15) is 0 Å². The molecule has 0 saturated heterocycles. The second-order valence-electron chi connectivity index (χ2n) is 5.42. The zero-order valence-electron chi connectivity index (χ0n) is 12.4. The van der Waals surface area contributed by atoms with Crippen molar-refractivity contribution in [3.63, 3.8) is 0 Å². The number of hydrogen-bond acceptors (Lipinski definition) is 1. The summed E-state index contributed by atoms with van der Waals surface area (Å²) in [6, 6.07) is 28.6. The highest BCUT2D eigenvalue weighted by atomic mass is 35.5. The minimum absolute atomic E-state index is 0.678. The standard InChI is InChI=1S/C21H14ClN/c22-19-13-7-12-17-18(15-8-3-1-4-9-15)14-20(23-21(17)19)16-10-5-2-6-11-16/h1-14H. The number of pyridine rings is 1. The predicted molar refractivity (Wildman–Crippen MR) is 97.6 cm³/mol. The molecule has 1 nitrogen and oxygen atoms in total. The molecule has 1 heterocycles. The minimum atomic E-state index is 0.678. The number of halogens is 1. The SMILES string of the molecule is Clc1cccc2c(-c3ccccc3)cc(-c3ccccc3)nc12. The summed E-state index contributed by atoms with van der Waals surface area (Å²) in [4.78, 5) is 4.80. The zero-order chi connectivity index (χ0) is 15.6. The Morgan fingerprint density at radius 1 is 0.652 bits per heavy atom. The van der Waals surface area contributed by atoms with Crippen molar-refractivity contribution in [2.24, 2.45) is 0 Å². The molecule has 0 aliphatic carbocycles. The molecule has 0 bridgehead atoms. The molecule has 0 N–H and O–H groups in total. The molecule has 23 heavy (non-hydrogen) atoms.